The first-order valence-corrected chi connectivity index (χ1v) is 13.4. The third kappa shape index (κ3) is 9.43. The fourth-order valence-electron chi connectivity index (χ4n) is 4.20. The second-order valence-electron chi connectivity index (χ2n) is 9.28. The van der Waals surface area contributed by atoms with Crippen molar-refractivity contribution in [3.63, 3.8) is 0 Å². The summed E-state index contributed by atoms with van der Waals surface area (Å²) in [6, 6.07) is 26.5. The molecular formula is C31H32O12. The zero-order valence-corrected chi connectivity index (χ0v) is 23.3. The van der Waals surface area contributed by atoms with Crippen molar-refractivity contribution in [1.82, 2.24) is 0 Å². The first-order chi connectivity index (χ1) is 21.0. The van der Waals surface area contributed by atoms with Crippen LogP contribution >= 0.6 is 0 Å². The average Bonchev–Trinajstić information content (AvgIpc) is 3.04. The van der Waals surface area contributed by atoms with Crippen molar-refractivity contribution >= 4 is 18.5 Å². The van der Waals surface area contributed by atoms with Crippen LogP contribution in [0.25, 0.3) is 0 Å². The summed E-state index contributed by atoms with van der Waals surface area (Å²) < 4.78 is 43.2. The van der Waals surface area contributed by atoms with Gasteiger partial charge in [0.05, 0.1) is 6.61 Å². The number of hydrogen-bond acceptors (Lipinski definition) is 12. The molecule has 1 N–H and O–H groups in total. The van der Waals surface area contributed by atoms with E-state index >= 15 is 0 Å². The molecule has 0 radical (unpaired) electrons. The van der Waals surface area contributed by atoms with Crippen molar-refractivity contribution in [3.8, 4) is 0 Å². The van der Waals surface area contributed by atoms with E-state index in [9.17, 15) is 19.5 Å². The average molecular weight is 597 g/mol. The van der Waals surface area contributed by atoms with E-state index in [0.717, 1.165) is 0 Å². The highest BCUT2D eigenvalue weighted by Gasteiger charge is 2.53. The molecular weight excluding hydrogens is 564 g/mol. The molecule has 1 fully saturated rings. The lowest BCUT2D eigenvalue weighted by atomic mass is 9.98. The van der Waals surface area contributed by atoms with Gasteiger partial charge in [0.1, 0.15) is 25.9 Å². The molecule has 1 aliphatic heterocycles. The van der Waals surface area contributed by atoms with E-state index in [1.165, 1.54) is 7.11 Å². The lowest BCUT2D eigenvalue weighted by molar-refractivity contribution is -0.297. The topological polar surface area (TPSA) is 145 Å². The number of benzene rings is 3. The summed E-state index contributed by atoms with van der Waals surface area (Å²) in [5, 5.41) is 10.1. The van der Waals surface area contributed by atoms with Crippen molar-refractivity contribution in [1.29, 1.82) is 0 Å². The van der Waals surface area contributed by atoms with Crippen molar-refractivity contribution in [2.75, 3.05) is 13.7 Å². The van der Waals surface area contributed by atoms with E-state index in [1.54, 1.807) is 78.9 Å². The van der Waals surface area contributed by atoms with Gasteiger partial charge in [-0.3, -0.25) is 0 Å². The number of aliphatic hydroxyl groups is 1. The number of carbonyl (C=O) groups excluding carboxylic acids is 3. The van der Waals surface area contributed by atoms with Gasteiger partial charge in [0, 0.05) is 7.11 Å². The summed E-state index contributed by atoms with van der Waals surface area (Å²) in [6.45, 7) is -1.04. The van der Waals surface area contributed by atoms with Crippen LogP contribution in [0.4, 0.5) is 14.4 Å². The van der Waals surface area contributed by atoms with Crippen molar-refractivity contribution in [2.24, 2.45) is 0 Å². The number of hydrogen-bond donors (Lipinski definition) is 1. The molecule has 12 nitrogen and oxygen atoms in total. The molecule has 5 atom stereocenters. The van der Waals surface area contributed by atoms with E-state index in [2.05, 4.69) is 0 Å². The normalized spacial score (nSPS) is 21.2. The highest BCUT2D eigenvalue weighted by atomic mass is 16.8. The summed E-state index contributed by atoms with van der Waals surface area (Å²) in [4.78, 5) is 38.3. The van der Waals surface area contributed by atoms with Gasteiger partial charge in [0.15, 0.2) is 24.6 Å². The Morgan fingerprint density at radius 2 is 0.977 bits per heavy atom. The SMILES string of the molecule is CO[C@H]1O[C@H](CO)[C@@H](OC(=O)OCc2ccccc2)[C@H](OC(=O)OCc2ccccc2)[C@@H]1OC(=O)OCc1ccccc1. The van der Waals surface area contributed by atoms with Gasteiger partial charge in [0.2, 0.25) is 0 Å². The Bertz CT molecular complexity index is 1220. The molecule has 12 heteroatoms. The van der Waals surface area contributed by atoms with E-state index in [1.807, 2.05) is 12.1 Å². The van der Waals surface area contributed by atoms with Crippen LogP contribution in [0.5, 0.6) is 0 Å². The second-order valence-corrected chi connectivity index (χ2v) is 9.28. The lowest BCUT2D eigenvalue weighted by Gasteiger charge is -2.42. The number of carbonyl (C=O) groups is 3. The molecule has 0 amide bonds. The minimum atomic E-state index is -1.56. The zero-order valence-electron chi connectivity index (χ0n) is 23.3. The molecule has 43 heavy (non-hydrogen) atoms. The number of methoxy groups -OCH3 is 1. The van der Waals surface area contributed by atoms with Crippen LogP contribution in [0.3, 0.4) is 0 Å². The van der Waals surface area contributed by atoms with Crippen LogP contribution in [0, 0.1) is 0 Å². The van der Waals surface area contributed by atoms with Gasteiger partial charge >= 0.3 is 18.5 Å². The zero-order chi connectivity index (χ0) is 30.4. The minimum absolute atomic E-state index is 0.111. The second kappa shape index (κ2) is 16.1. The van der Waals surface area contributed by atoms with Gasteiger partial charge in [-0.15, -0.1) is 0 Å². The van der Waals surface area contributed by atoms with E-state index in [4.69, 9.17) is 37.9 Å². The van der Waals surface area contributed by atoms with Gasteiger partial charge in [-0.1, -0.05) is 91.0 Å². The molecule has 0 spiro atoms. The van der Waals surface area contributed by atoms with Crippen molar-refractivity contribution in [3.05, 3.63) is 108 Å². The largest absolute Gasteiger partial charge is 0.509 e. The first-order valence-electron chi connectivity index (χ1n) is 13.4. The molecule has 4 rings (SSSR count). The molecule has 228 valence electrons. The van der Waals surface area contributed by atoms with Crippen LogP contribution in [-0.4, -0.2) is 68.0 Å². The molecule has 3 aromatic rings. The van der Waals surface area contributed by atoms with E-state index < -0.39 is 55.8 Å². The Hall–Kier alpha value is -4.65. The van der Waals surface area contributed by atoms with Gasteiger partial charge < -0.3 is 43.0 Å². The summed E-state index contributed by atoms with van der Waals surface area (Å²) >= 11 is 0. The minimum Gasteiger partial charge on any atom is -0.429 e. The molecule has 0 unspecified atom stereocenters. The summed E-state index contributed by atoms with van der Waals surface area (Å²) in [6.07, 6.45) is -10.6. The van der Waals surface area contributed by atoms with Gasteiger partial charge in [-0.05, 0) is 16.7 Å². The summed E-state index contributed by atoms with van der Waals surface area (Å²) in [5.74, 6) is 0. The van der Waals surface area contributed by atoms with Gasteiger partial charge in [-0.2, -0.15) is 0 Å². The predicted molar refractivity (Wildman–Crippen MR) is 147 cm³/mol. The highest BCUT2D eigenvalue weighted by Crippen LogP contribution is 2.30. The standard InChI is InChI=1S/C31H32O12/c1-36-28-27(43-31(35)39-20-23-15-9-4-10-16-23)26(42-30(34)38-19-22-13-7-3-8-14-22)25(24(17-32)40-28)41-29(33)37-18-21-11-5-2-6-12-21/h2-16,24-28,32H,17-20H2,1H3/t24-,25-,26+,27+,28+/m1/s1. The summed E-state index contributed by atoms with van der Waals surface area (Å²) in [7, 11) is 1.25. The van der Waals surface area contributed by atoms with E-state index in [0.29, 0.717) is 16.7 Å². The van der Waals surface area contributed by atoms with Crippen LogP contribution in [-0.2, 0) is 57.7 Å². The van der Waals surface area contributed by atoms with Crippen molar-refractivity contribution < 1.29 is 57.4 Å². The van der Waals surface area contributed by atoms with Crippen molar-refractivity contribution in [2.45, 2.75) is 50.5 Å². The Morgan fingerprint density at radius 1 is 0.605 bits per heavy atom. The fraction of sp³-hybridized carbons (Fsp3) is 0.323. The molecule has 0 saturated carbocycles. The predicted octanol–water partition coefficient (Wildman–Crippen LogP) is 4.52. The van der Waals surface area contributed by atoms with Crippen LogP contribution in [0.1, 0.15) is 16.7 Å². The maximum atomic E-state index is 12.8. The molecule has 3 aromatic carbocycles. The molecule has 0 aromatic heterocycles. The Morgan fingerprint density at radius 3 is 1.35 bits per heavy atom. The number of aliphatic hydroxyl groups excluding tert-OH is 1. The van der Waals surface area contributed by atoms with Crippen LogP contribution in [0.15, 0.2) is 91.0 Å². The molecule has 0 bridgehead atoms. The Kier molecular flexibility index (Phi) is 11.7. The molecule has 1 heterocycles. The number of rotatable bonds is 11. The fourth-order valence-corrected chi connectivity index (χ4v) is 4.20. The van der Waals surface area contributed by atoms with Gasteiger partial charge in [-0.25, -0.2) is 14.4 Å². The maximum Gasteiger partial charge on any atom is 0.509 e. The molecule has 1 saturated heterocycles. The smallest absolute Gasteiger partial charge is 0.429 e. The quantitative estimate of drug-likeness (QED) is 0.245. The third-order valence-corrected chi connectivity index (χ3v) is 6.30. The molecule has 0 aliphatic carbocycles. The lowest BCUT2D eigenvalue weighted by Crippen LogP contribution is -2.62. The van der Waals surface area contributed by atoms with Crippen LogP contribution in [0.2, 0.25) is 0 Å². The van der Waals surface area contributed by atoms with E-state index in [-0.39, 0.29) is 19.8 Å². The van der Waals surface area contributed by atoms with Crippen LogP contribution < -0.4 is 0 Å². The number of ether oxygens (including phenoxy) is 8. The highest BCUT2D eigenvalue weighted by molar-refractivity contribution is 5.63. The third-order valence-electron chi connectivity index (χ3n) is 6.30. The van der Waals surface area contributed by atoms with Gasteiger partial charge in [0.25, 0.3) is 0 Å². The maximum absolute atomic E-state index is 12.8. The molecule has 1 aliphatic rings. The first kappa shape index (κ1) is 31.3. The summed E-state index contributed by atoms with van der Waals surface area (Å²) in [5.41, 5.74) is 2.07. The Labute approximate surface area is 247 Å². The Balaban J connectivity index is 1.51. The monoisotopic (exact) mass is 596 g/mol.